The molecule has 19 heavy (non-hydrogen) atoms. The second-order valence-corrected chi connectivity index (χ2v) is 7.58. The van der Waals surface area contributed by atoms with Crippen LogP contribution in [0.15, 0.2) is 18.2 Å². The number of fused-ring (bicyclic) bond motifs is 1. The highest BCUT2D eigenvalue weighted by Crippen LogP contribution is 2.24. The lowest BCUT2D eigenvalue weighted by atomic mass is 10.0. The molecule has 2 aliphatic heterocycles. The SMILES string of the molecule is O=S1(=O)CCCC(Oc2ccc3c(c2)CCNC3)C1. The average molecular weight is 281 g/mol. The van der Waals surface area contributed by atoms with Gasteiger partial charge in [0, 0.05) is 6.54 Å². The molecule has 1 unspecified atom stereocenters. The summed E-state index contributed by atoms with van der Waals surface area (Å²) >= 11 is 0. The van der Waals surface area contributed by atoms with Crippen LogP contribution in [0.25, 0.3) is 0 Å². The van der Waals surface area contributed by atoms with E-state index in [2.05, 4.69) is 17.4 Å². The standard InChI is InChI=1S/C14H19NO3S/c16-19(17)7-1-2-14(10-19)18-13-4-3-12-9-15-6-5-11(12)8-13/h3-4,8,14-15H,1-2,5-7,9-10H2. The lowest BCUT2D eigenvalue weighted by Crippen LogP contribution is -2.33. The number of rotatable bonds is 2. The molecule has 0 aliphatic carbocycles. The van der Waals surface area contributed by atoms with Crippen LogP contribution >= 0.6 is 0 Å². The van der Waals surface area contributed by atoms with Gasteiger partial charge in [0.2, 0.25) is 0 Å². The normalized spacial score (nSPS) is 25.6. The molecule has 4 nitrogen and oxygen atoms in total. The monoisotopic (exact) mass is 281 g/mol. The molecule has 0 bridgehead atoms. The molecule has 104 valence electrons. The summed E-state index contributed by atoms with van der Waals surface area (Å²) in [7, 11) is -2.90. The molecule has 0 saturated carbocycles. The minimum Gasteiger partial charge on any atom is -0.489 e. The van der Waals surface area contributed by atoms with Crippen molar-refractivity contribution in [2.24, 2.45) is 0 Å². The Hall–Kier alpha value is -1.07. The largest absolute Gasteiger partial charge is 0.489 e. The minimum atomic E-state index is -2.90. The molecule has 3 rings (SSSR count). The van der Waals surface area contributed by atoms with Gasteiger partial charge in [-0.2, -0.15) is 0 Å². The molecule has 1 fully saturated rings. The van der Waals surface area contributed by atoms with Crippen LogP contribution < -0.4 is 10.1 Å². The van der Waals surface area contributed by atoms with Crippen LogP contribution in [0, 0.1) is 0 Å². The zero-order chi connectivity index (χ0) is 13.3. The van der Waals surface area contributed by atoms with Gasteiger partial charge in [0.05, 0.1) is 11.5 Å². The van der Waals surface area contributed by atoms with Crippen LogP contribution in [0.2, 0.25) is 0 Å². The molecule has 0 spiro atoms. The molecule has 1 aromatic rings. The van der Waals surface area contributed by atoms with Crippen LogP contribution in [0.5, 0.6) is 5.75 Å². The molecule has 1 atom stereocenters. The molecule has 1 N–H and O–H groups in total. The molecular formula is C14H19NO3S. The van der Waals surface area contributed by atoms with Crippen LogP contribution in [0.3, 0.4) is 0 Å². The fraction of sp³-hybridized carbons (Fsp3) is 0.571. The first kappa shape index (κ1) is 12.9. The Morgan fingerprint density at radius 2 is 2.16 bits per heavy atom. The third kappa shape index (κ3) is 3.09. The van der Waals surface area contributed by atoms with Crippen LogP contribution in [-0.2, 0) is 22.8 Å². The van der Waals surface area contributed by atoms with Crippen LogP contribution in [0.4, 0.5) is 0 Å². The van der Waals surface area contributed by atoms with Crippen molar-refractivity contribution in [2.45, 2.75) is 31.9 Å². The summed E-state index contributed by atoms with van der Waals surface area (Å²) in [5.74, 6) is 1.27. The first-order valence-corrected chi connectivity index (χ1v) is 8.64. The van der Waals surface area contributed by atoms with Crippen molar-refractivity contribution >= 4 is 9.84 Å². The van der Waals surface area contributed by atoms with Gasteiger partial charge in [-0.25, -0.2) is 8.42 Å². The Morgan fingerprint density at radius 1 is 1.26 bits per heavy atom. The highest BCUT2D eigenvalue weighted by Gasteiger charge is 2.26. The van der Waals surface area contributed by atoms with Crippen molar-refractivity contribution in [2.75, 3.05) is 18.1 Å². The fourth-order valence-corrected chi connectivity index (χ4v) is 4.37. The van der Waals surface area contributed by atoms with Crippen molar-refractivity contribution in [3.8, 4) is 5.75 Å². The Bertz CT molecular complexity index is 568. The van der Waals surface area contributed by atoms with Gasteiger partial charge in [0.15, 0.2) is 9.84 Å². The zero-order valence-corrected chi connectivity index (χ0v) is 11.7. The first-order chi connectivity index (χ1) is 9.12. The zero-order valence-electron chi connectivity index (χ0n) is 10.9. The second kappa shape index (κ2) is 5.13. The van der Waals surface area contributed by atoms with Gasteiger partial charge in [-0.05, 0) is 49.1 Å². The smallest absolute Gasteiger partial charge is 0.153 e. The van der Waals surface area contributed by atoms with E-state index in [0.29, 0.717) is 12.2 Å². The quantitative estimate of drug-likeness (QED) is 0.887. The third-order valence-corrected chi connectivity index (χ3v) is 5.58. The van der Waals surface area contributed by atoms with E-state index in [1.807, 2.05) is 6.07 Å². The van der Waals surface area contributed by atoms with Crippen molar-refractivity contribution < 1.29 is 13.2 Å². The van der Waals surface area contributed by atoms with E-state index in [1.165, 1.54) is 11.1 Å². The highest BCUT2D eigenvalue weighted by atomic mass is 32.2. The topological polar surface area (TPSA) is 55.4 Å². The predicted octanol–water partition coefficient (Wildman–Crippen LogP) is 1.29. The summed E-state index contributed by atoms with van der Waals surface area (Å²) in [6.45, 7) is 1.90. The maximum atomic E-state index is 11.6. The van der Waals surface area contributed by atoms with Crippen LogP contribution in [0.1, 0.15) is 24.0 Å². The molecular weight excluding hydrogens is 262 g/mol. The van der Waals surface area contributed by atoms with E-state index in [1.54, 1.807) is 0 Å². The maximum Gasteiger partial charge on any atom is 0.153 e. The Labute approximate surface area is 114 Å². The average Bonchev–Trinajstić information content (AvgIpc) is 2.37. The molecule has 0 aromatic heterocycles. The van der Waals surface area contributed by atoms with Gasteiger partial charge in [0.25, 0.3) is 0 Å². The van der Waals surface area contributed by atoms with Crippen molar-refractivity contribution in [1.29, 1.82) is 0 Å². The second-order valence-electron chi connectivity index (χ2n) is 5.35. The number of nitrogens with one attached hydrogen (secondary N) is 1. The van der Waals surface area contributed by atoms with E-state index >= 15 is 0 Å². The number of hydrogen-bond acceptors (Lipinski definition) is 4. The van der Waals surface area contributed by atoms with Gasteiger partial charge < -0.3 is 10.1 Å². The minimum absolute atomic E-state index is 0.158. The Morgan fingerprint density at radius 3 is 3.00 bits per heavy atom. The molecule has 1 aromatic carbocycles. The highest BCUT2D eigenvalue weighted by molar-refractivity contribution is 7.91. The summed E-state index contributed by atoms with van der Waals surface area (Å²) in [5, 5.41) is 3.33. The number of benzene rings is 1. The molecule has 1 saturated heterocycles. The summed E-state index contributed by atoms with van der Waals surface area (Å²) in [5.41, 5.74) is 2.63. The van der Waals surface area contributed by atoms with E-state index in [-0.39, 0.29) is 11.9 Å². The van der Waals surface area contributed by atoms with E-state index < -0.39 is 9.84 Å². The lowest BCUT2D eigenvalue weighted by Gasteiger charge is -2.24. The Balaban J connectivity index is 1.73. The molecule has 2 aliphatic rings. The summed E-state index contributed by atoms with van der Waals surface area (Å²) in [6.07, 6.45) is 2.37. The van der Waals surface area contributed by atoms with Crippen molar-refractivity contribution in [1.82, 2.24) is 5.32 Å². The Kier molecular flexibility index (Phi) is 3.50. The predicted molar refractivity (Wildman–Crippen MR) is 74.2 cm³/mol. The summed E-state index contributed by atoms with van der Waals surface area (Å²) in [4.78, 5) is 0. The molecule has 2 heterocycles. The first-order valence-electron chi connectivity index (χ1n) is 6.82. The summed E-state index contributed by atoms with van der Waals surface area (Å²) < 4.78 is 29.0. The maximum absolute atomic E-state index is 11.6. The van der Waals surface area contributed by atoms with Crippen LogP contribution in [-0.4, -0.2) is 32.6 Å². The van der Waals surface area contributed by atoms with E-state index in [0.717, 1.165) is 31.7 Å². The van der Waals surface area contributed by atoms with Gasteiger partial charge in [-0.3, -0.25) is 0 Å². The molecule has 0 amide bonds. The van der Waals surface area contributed by atoms with Gasteiger partial charge in [-0.15, -0.1) is 0 Å². The van der Waals surface area contributed by atoms with Gasteiger partial charge in [-0.1, -0.05) is 6.07 Å². The third-order valence-electron chi connectivity index (χ3n) is 3.79. The number of sulfone groups is 1. The summed E-state index contributed by atoms with van der Waals surface area (Å²) in [6, 6.07) is 6.10. The van der Waals surface area contributed by atoms with Gasteiger partial charge in [0.1, 0.15) is 11.9 Å². The number of hydrogen-bond donors (Lipinski definition) is 1. The van der Waals surface area contributed by atoms with Gasteiger partial charge >= 0.3 is 0 Å². The fourth-order valence-electron chi connectivity index (χ4n) is 2.79. The van der Waals surface area contributed by atoms with E-state index in [4.69, 9.17) is 4.74 Å². The molecule has 5 heteroatoms. The lowest BCUT2D eigenvalue weighted by molar-refractivity contribution is 0.207. The van der Waals surface area contributed by atoms with Crippen molar-refractivity contribution in [3.63, 3.8) is 0 Å². The number of ether oxygens (including phenoxy) is 1. The van der Waals surface area contributed by atoms with E-state index in [9.17, 15) is 8.42 Å². The van der Waals surface area contributed by atoms with Crippen molar-refractivity contribution in [3.05, 3.63) is 29.3 Å². The molecule has 0 radical (unpaired) electrons.